The predicted octanol–water partition coefficient (Wildman–Crippen LogP) is 1.85. The van der Waals surface area contributed by atoms with Crippen molar-refractivity contribution in [3.8, 4) is 0 Å². The number of hydrogen-bond acceptors (Lipinski definition) is 3. The van der Waals surface area contributed by atoms with Gasteiger partial charge in [0.05, 0.1) is 0 Å². The lowest BCUT2D eigenvalue weighted by Gasteiger charge is -2.31. The number of nitrogens with zero attached hydrogens (tertiary/aromatic N) is 1. The molecule has 0 spiro atoms. The van der Waals surface area contributed by atoms with E-state index in [1.807, 2.05) is 0 Å². The van der Waals surface area contributed by atoms with Crippen molar-refractivity contribution in [2.45, 2.75) is 24.2 Å². The molecule has 1 saturated heterocycles. The van der Waals surface area contributed by atoms with Crippen LogP contribution in [-0.2, 0) is 10.0 Å². The van der Waals surface area contributed by atoms with Gasteiger partial charge in [-0.1, -0.05) is 0 Å². The topological polar surface area (TPSA) is 63.4 Å². The van der Waals surface area contributed by atoms with Crippen molar-refractivity contribution in [3.63, 3.8) is 0 Å². The zero-order valence-corrected chi connectivity index (χ0v) is 12.2. The van der Waals surface area contributed by atoms with Crippen molar-refractivity contribution in [1.82, 2.24) is 4.31 Å². The molecule has 0 bridgehead atoms. The van der Waals surface area contributed by atoms with E-state index in [4.69, 9.17) is 5.73 Å². The Kier molecular flexibility index (Phi) is 4.90. The molecular formula is C13H17F3N2O2S. The van der Waals surface area contributed by atoms with Crippen molar-refractivity contribution in [2.75, 3.05) is 19.6 Å². The Balaban J connectivity index is 2.32. The quantitative estimate of drug-likeness (QED) is 0.861. The molecule has 1 atom stereocenters. The Morgan fingerprint density at radius 2 is 1.95 bits per heavy atom. The third-order valence-corrected chi connectivity index (χ3v) is 5.56. The van der Waals surface area contributed by atoms with E-state index in [0.29, 0.717) is 25.5 Å². The summed E-state index contributed by atoms with van der Waals surface area (Å²) in [6.07, 6.45) is 2.16. The second kappa shape index (κ2) is 6.33. The number of piperidine rings is 1. The fourth-order valence-electron chi connectivity index (χ4n) is 2.56. The summed E-state index contributed by atoms with van der Waals surface area (Å²) in [6.45, 7) is 0.901. The lowest BCUT2D eigenvalue weighted by Crippen LogP contribution is -2.40. The van der Waals surface area contributed by atoms with E-state index in [0.717, 1.165) is 16.8 Å². The van der Waals surface area contributed by atoms with E-state index in [9.17, 15) is 21.6 Å². The van der Waals surface area contributed by atoms with Gasteiger partial charge in [0.25, 0.3) is 0 Å². The van der Waals surface area contributed by atoms with Gasteiger partial charge in [0.15, 0.2) is 17.5 Å². The Labute approximate surface area is 121 Å². The van der Waals surface area contributed by atoms with E-state index < -0.39 is 32.4 Å². The Morgan fingerprint density at radius 3 is 2.62 bits per heavy atom. The number of hydrogen-bond donors (Lipinski definition) is 1. The molecule has 118 valence electrons. The molecule has 2 rings (SSSR count). The summed E-state index contributed by atoms with van der Waals surface area (Å²) < 4.78 is 65.8. The molecule has 0 saturated carbocycles. The van der Waals surface area contributed by atoms with Crippen molar-refractivity contribution in [1.29, 1.82) is 0 Å². The standard InChI is InChI=1S/C13H17F3N2O2S/c14-10-3-4-11(13(16)12(10)15)21(19,20)18-7-1-2-9(8-18)5-6-17/h3-4,9H,1-2,5-8,17H2. The summed E-state index contributed by atoms with van der Waals surface area (Å²) in [5.74, 6) is -4.75. The van der Waals surface area contributed by atoms with Crippen molar-refractivity contribution in [3.05, 3.63) is 29.6 Å². The summed E-state index contributed by atoms with van der Waals surface area (Å²) in [6, 6.07) is 1.38. The zero-order chi connectivity index (χ0) is 15.6. The van der Waals surface area contributed by atoms with Crippen LogP contribution in [0.2, 0.25) is 0 Å². The van der Waals surface area contributed by atoms with Gasteiger partial charge >= 0.3 is 0 Å². The van der Waals surface area contributed by atoms with Crippen LogP contribution in [0.3, 0.4) is 0 Å². The summed E-state index contributed by atoms with van der Waals surface area (Å²) >= 11 is 0. The molecule has 8 heteroatoms. The monoisotopic (exact) mass is 322 g/mol. The number of sulfonamides is 1. The third kappa shape index (κ3) is 3.22. The maximum absolute atomic E-state index is 13.7. The van der Waals surface area contributed by atoms with Crippen LogP contribution in [0.15, 0.2) is 17.0 Å². The summed E-state index contributed by atoms with van der Waals surface area (Å²) in [4.78, 5) is -0.824. The molecule has 0 radical (unpaired) electrons. The summed E-state index contributed by atoms with van der Waals surface area (Å²) in [5, 5.41) is 0. The van der Waals surface area contributed by atoms with E-state index in [-0.39, 0.29) is 19.0 Å². The second-order valence-corrected chi connectivity index (χ2v) is 7.03. The number of rotatable bonds is 4. The molecule has 1 aromatic rings. The molecule has 0 aromatic heterocycles. The Bertz CT molecular complexity index is 620. The minimum absolute atomic E-state index is 0.104. The van der Waals surface area contributed by atoms with Gasteiger partial charge in [-0.15, -0.1) is 0 Å². The Morgan fingerprint density at radius 1 is 1.24 bits per heavy atom. The molecule has 1 fully saturated rings. The highest BCUT2D eigenvalue weighted by molar-refractivity contribution is 7.89. The maximum Gasteiger partial charge on any atom is 0.246 e. The van der Waals surface area contributed by atoms with Gasteiger partial charge in [-0.2, -0.15) is 4.31 Å². The first-order chi connectivity index (χ1) is 9.87. The lowest BCUT2D eigenvalue weighted by molar-refractivity contribution is 0.257. The smallest absolute Gasteiger partial charge is 0.246 e. The molecule has 1 heterocycles. The predicted molar refractivity (Wildman–Crippen MR) is 71.5 cm³/mol. The zero-order valence-electron chi connectivity index (χ0n) is 11.4. The minimum Gasteiger partial charge on any atom is -0.330 e. The van der Waals surface area contributed by atoms with Gasteiger partial charge < -0.3 is 5.73 Å². The molecule has 1 aliphatic heterocycles. The molecule has 1 unspecified atom stereocenters. The van der Waals surface area contributed by atoms with Crippen LogP contribution in [0.5, 0.6) is 0 Å². The average molecular weight is 322 g/mol. The van der Waals surface area contributed by atoms with Crippen LogP contribution in [0.25, 0.3) is 0 Å². The van der Waals surface area contributed by atoms with Gasteiger partial charge in [-0.3, -0.25) is 0 Å². The molecule has 0 amide bonds. The van der Waals surface area contributed by atoms with Crippen LogP contribution in [0.4, 0.5) is 13.2 Å². The number of nitrogens with two attached hydrogens (primary N) is 1. The van der Waals surface area contributed by atoms with Crippen LogP contribution < -0.4 is 5.73 Å². The average Bonchev–Trinajstić information content (AvgIpc) is 2.45. The largest absolute Gasteiger partial charge is 0.330 e. The SMILES string of the molecule is NCCC1CCCN(S(=O)(=O)c2ccc(F)c(F)c2F)C1. The highest BCUT2D eigenvalue weighted by Crippen LogP contribution is 2.27. The van der Waals surface area contributed by atoms with Crippen molar-refractivity contribution >= 4 is 10.0 Å². The first-order valence-electron chi connectivity index (χ1n) is 6.71. The first kappa shape index (κ1) is 16.3. The highest BCUT2D eigenvalue weighted by Gasteiger charge is 2.33. The fraction of sp³-hybridized carbons (Fsp3) is 0.538. The van der Waals surface area contributed by atoms with Crippen molar-refractivity contribution < 1.29 is 21.6 Å². The lowest BCUT2D eigenvalue weighted by atomic mass is 9.96. The normalized spacial score (nSPS) is 20.7. The maximum atomic E-state index is 13.7. The van der Waals surface area contributed by atoms with Gasteiger partial charge in [0.2, 0.25) is 10.0 Å². The molecule has 0 aliphatic carbocycles. The van der Waals surface area contributed by atoms with Crippen molar-refractivity contribution in [2.24, 2.45) is 11.7 Å². The number of halogens is 3. The summed E-state index contributed by atoms with van der Waals surface area (Å²) in [7, 11) is -4.17. The van der Waals surface area contributed by atoms with E-state index in [2.05, 4.69) is 0 Å². The molecule has 2 N–H and O–H groups in total. The van der Waals surface area contributed by atoms with Crippen LogP contribution in [0.1, 0.15) is 19.3 Å². The van der Waals surface area contributed by atoms with Crippen LogP contribution >= 0.6 is 0 Å². The molecule has 1 aliphatic rings. The Hall–Kier alpha value is -1.12. The van der Waals surface area contributed by atoms with Gasteiger partial charge in [-0.05, 0) is 43.9 Å². The van der Waals surface area contributed by atoms with Crippen LogP contribution in [-0.4, -0.2) is 32.4 Å². The molecular weight excluding hydrogens is 305 g/mol. The van der Waals surface area contributed by atoms with Gasteiger partial charge in [0.1, 0.15) is 4.90 Å². The van der Waals surface area contributed by atoms with Gasteiger partial charge in [0, 0.05) is 13.1 Å². The fourth-order valence-corrected chi connectivity index (χ4v) is 4.17. The molecule has 4 nitrogen and oxygen atoms in total. The van der Waals surface area contributed by atoms with E-state index in [1.165, 1.54) is 0 Å². The molecule has 1 aromatic carbocycles. The van der Waals surface area contributed by atoms with Crippen LogP contribution in [0, 0.1) is 23.4 Å². The minimum atomic E-state index is -4.17. The first-order valence-corrected chi connectivity index (χ1v) is 8.15. The second-order valence-electron chi connectivity index (χ2n) is 5.12. The van der Waals surface area contributed by atoms with Gasteiger partial charge in [-0.25, -0.2) is 21.6 Å². The van der Waals surface area contributed by atoms with E-state index in [1.54, 1.807) is 0 Å². The highest BCUT2D eigenvalue weighted by atomic mass is 32.2. The summed E-state index contributed by atoms with van der Waals surface area (Å²) in [5.41, 5.74) is 5.47. The molecule has 21 heavy (non-hydrogen) atoms. The van der Waals surface area contributed by atoms with E-state index >= 15 is 0 Å². The third-order valence-electron chi connectivity index (χ3n) is 3.67. The number of benzene rings is 1.